The second-order valence-electron chi connectivity index (χ2n) is 8.86. The average Bonchev–Trinajstić information content (AvgIpc) is 2.86. The predicted molar refractivity (Wildman–Crippen MR) is 150 cm³/mol. The van der Waals surface area contributed by atoms with E-state index in [1.54, 1.807) is 26.2 Å². The standard InChI is InChI=1S/C27H36Cl2N4O4/c1-7-33(8-2)21-11-9-19(25(15-21)36-6)16-30-32-27(35)23(13-17(3)4)31-26(34)18(5)37-24-12-10-20(28)14-22(24)29/h9-12,14-18,23H,7-8,13H2,1-6H3,(H,31,34)(H,32,35)/b30-16-/t18-,23-/m1/s1. The molecule has 0 spiro atoms. The van der Waals surface area contributed by atoms with E-state index in [4.69, 9.17) is 32.7 Å². The monoisotopic (exact) mass is 550 g/mol. The number of hydrogen-bond acceptors (Lipinski definition) is 6. The van der Waals surface area contributed by atoms with Gasteiger partial charge in [0.1, 0.15) is 17.5 Å². The molecule has 37 heavy (non-hydrogen) atoms. The van der Waals surface area contributed by atoms with Crippen LogP contribution >= 0.6 is 23.2 Å². The van der Waals surface area contributed by atoms with Gasteiger partial charge < -0.3 is 19.7 Å². The second-order valence-corrected chi connectivity index (χ2v) is 9.70. The van der Waals surface area contributed by atoms with E-state index < -0.39 is 24.0 Å². The largest absolute Gasteiger partial charge is 0.496 e. The third kappa shape index (κ3) is 9.13. The number of nitrogens with zero attached hydrogens (tertiary/aromatic N) is 2. The number of methoxy groups -OCH3 is 1. The Balaban J connectivity index is 2.07. The maximum Gasteiger partial charge on any atom is 0.262 e. The number of carbonyl (C=O) groups excluding carboxylic acids is 2. The zero-order valence-corrected chi connectivity index (χ0v) is 23.7. The summed E-state index contributed by atoms with van der Waals surface area (Å²) in [6.45, 7) is 11.4. The van der Waals surface area contributed by atoms with Crippen molar-refractivity contribution in [2.75, 3.05) is 25.1 Å². The highest BCUT2D eigenvalue weighted by Gasteiger charge is 2.25. The van der Waals surface area contributed by atoms with Crippen molar-refractivity contribution in [2.24, 2.45) is 11.0 Å². The fourth-order valence-electron chi connectivity index (χ4n) is 3.64. The molecule has 0 heterocycles. The number of anilines is 1. The molecule has 0 aliphatic heterocycles. The highest BCUT2D eigenvalue weighted by atomic mass is 35.5. The minimum absolute atomic E-state index is 0.148. The van der Waals surface area contributed by atoms with Gasteiger partial charge in [-0.25, -0.2) is 5.43 Å². The van der Waals surface area contributed by atoms with E-state index in [2.05, 4.69) is 34.6 Å². The van der Waals surface area contributed by atoms with Crippen LogP contribution in [-0.2, 0) is 9.59 Å². The molecular formula is C27H36Cl2N4O4. The van der Waals surface area contributed by atoms with Crippen LogP contribution in [0.3, 0.4) is 0 Å². The Morgan fingerprint density at radius 2 is 1.73 bits per heavy atom. The van der Waals surface area contributed by atoms with Crippen molar-refractivity contribution < 1.29 is 19.1 Å². The molecule has 2 aromatic rings. The smallest absolute Gasteiger partial charge is 0.262 e. The van der Waals surface area contributed by atoms with Crippen molar-refractivity contribution in [3.05, 3.63) is 52.0 Å². The average molecular weight is 552 g/mol. The Hall–Kier alpha value is -2.97. The summed E-state index contributed by atoms with van der Waals surface area (Å²) < 4.78 is 11.2. The minimum Gasteiger partial charge on any atom is -0.496 e. The van der Waals surface area contributed by atoms with Crippen LogP contribution < -0.4 is 25.1 Å². The van der Waals surface area contributed by atoms with Crippen LogP contribution in [0.15, 0.2) is 41.5 Å². The maximum atomic E-state index is 12.9. The van der Waals surface area contributed by atoms with Crippen LogP contribution in [0.4, 0.5) is 5.69 Å². The lowest BCUT2D eigenvalue weighted by molar-refractivity contribution is -0.132. The molecule has 0 aromatic heterocycles. The van der Waals surface area contributed by atoms with Gasteiger partial charge in [-0.2, -0.15) is 5.10 Å². The van der Waals surface area contributed by atoms with Gasteiger partial charge in [-0.3, -0.25) is 9.59 Å². The van der Waals surface area contributed by atoms with Crippen molar-refractivity contribution in [1.29, 1.82) is 0 Å². The molecule has 0 radical (unpaired) electrons. The fourth-order valence-corrected chi connectivity index (χ4v) is 4.10. The molecule has 202 valence electrons. The zero-order chi connectivity index (χ0) is 27.5. The molecule has 0 aliphatic rings. The van der Waals surface area contributed by atoms with Gasteiger partial charge in [0, 0.05) is 35.4 Å². The Morgan fingerprint density at radius 3 is 2.32 bits per heavy atom. The molecule has 10 heteroatoms. The third-order valence-electron chi connectivity index (χ3n) is 5.63. The van der Waals surface area contributed by atoms with E-state index >= 15 is 0 Å². The summed E-state index contributed by atoms with van der Waals surface area (Å²) in [5, 5.41) is 7.61. The van der Waals surface area contributed by atoms with E-state index in [1.807, 2.05) is 32.0 Å². The lowest BCUT2D eigenvalue weighted by Gasteiger charge is -2.22. The zero-order valence-electron chi connectivity index (χ0n) is 22.2. The molecular weight excluding hydrogens is 515 g/mol. The first-order valence-corrected chi connectivity index (χ1v) is 13.0. The van der Waals surface area contributed by atoms with E-state index in [9.17, 15) is 9.59 Å². The molecule has 2 N–H and O–H groups in total. The van der Waals surface area contributed by atoms with Gasteiger partial charge >= 0.3 is 0 Å². The number of carbonyl (C=O) groups is 2. The Morgan fingerprint density at radius 1 is 1.03 bits per heavy atom. The summed E-state index contributed by atoms with van der Waals surface area (Å²) in [7, 11) is 1.59. The number of amides is 2. The van der Waals surface area contributed by atoms with Gasteiger partial charge in [-0.1, -0.05) is 37.0 Å². The van der Waals surface area contributed by atoms with Crippen molar-refractivity contribution in [2.45, 2.75) is 53.2 Å². The van der Waals surface area contributed by atoms with Crippen LogP contribution in [0.2, 0.25) is 10.0 Å². The van der Waals surface area contributed by atoms with Gasteiger partial charge in [-0.15, -0.1) is 0 Å². The molecule has 0 saturated carbocycles. The quantitative estimate of drug-likeness (QED) is 0.261. The molecule has 8 nitrogen and oxygen atoms in total. The minimum atomic E-state index is -0.891. The summed E-state index contributed by atoms with van der Waals surface area (Å²) in [5.74, 6) is 0.221. The molecule has 0 saturated heterocycles. The first kappa shape index (κ1) is 30.3. The van der Waals surface area contributed by atoms with Crippen molar-refractivity contribution in [1.82, 2.24) is 10.7 Å². The molecule has 2 rings (SSSR count). The molecule has 2 atom stereocenters. The first-order valence-electron chi connectivity index (χ1n) is 12.3. The van der Waals surface area contributed by atoms with E-state index in [1.165, 1.54) is 12.3 Å². The van der Waals surface area contributed by atoms with Crippen molar-refractivity contribution >= 4 is 46.9 Å². The molecule has 0 unspecified atom stereocenters. The van der Waals surface area contributed by atoms with Gasteiger partial charge in [0.05, 0.1) is 18.3 Å². The number of ether oxygens (including phenoxy) is 2. The van der Waals surface area contributed by atoms with Crippen molar-refractivity contribution in [3.63, 3.8) is 0 Å². The van der Waals surface area contributed by atoms with E-state index in [0.717, 1.165) is 18.8 Å². The van der Waals surface area contributed by atoms with Crippen LogP contribution in [0, 0.1) is 5.92 Å². The van der Waals surface area contributed by atoms with Crippen LogP contribution in [0.25, 0.3) is 0 Å². The number of hydrogen-bond donors (Lipinski definition) is 2. The molecule has 0 bridgehead atoms. The second kappa shape index (κ2) is 14.7. The Labute approximate surface area is 229 Å². The third-order valence-corrected chi connectivity index (χ3v) is 6.16. The van der Waals surface area contributed by atoms with Crippen LogP contribution in [-0.4, -0.2) is 50.4 Å². The van der Waals surface area contributed by atoms with Gasteiger partial charge in [0.25, 0.3) is 11.8 Å². The summed E-state index contributed by atoms with van der Waals surface area (Å²) in [6, 6.07) is 9.74. The Kier molecular flexibility index (Phi) is 12.0. The van der Waals surface area contributed by atoms with Crippen LogP contribution in [0.1, 0.15) is 46.6 Å². The Bertz CT molecular complexity index is 1090. The van der Waals surface area contributed by atoms with Gasteiger partial charge in [0.15, 0.2) is 6.10 Å². The number of halogens is 2. The summed E-state index contributed by atoms with van der Waals surface area (Å²) in [4.78, 5) is 27.9. The van der Waals surface area contributed by atoms with E-state index in [0.29, 0.717) is 33.5 Å². The normalized spacial score (nSPS) is 12.8. The highest BCUT2D eigenvalue weighted by molar-refractivity contribution is 6.35. The molecule has 0 aliphatic carbocycles. The lowest BCUT2D eigenvalue weighted by Crippen LogP contribution is -2.49. The summed E-state index contributed by atoms with van der Waals surface area (Å²) in [6.07, 6.45) is 1.05. The predicted octanol–water partition coefficient (Wildman–Crippen LogP) is 5.30. The SMILES string of the molecule is CCN(CC)c1ccc(/C=N\NC(=O)[C@@H](CC(C)C)NC(=O)[C@@H](C)Oc2ccc(Cl)cc2Cl)c(OC)c1. The fraction of sp³-hybridized carbons (Fsp3) is 0.444. The van der Waals surface area contributed by atoms with Gasteiger partial charge in [0.2, 0.25) is 0 Å². The summed E-state index contributed by atoms with van der Waals surface area (Å²) >= 11 is 12.1. The molecule has 2 amide bonds. The highest BCUT2D eigenvalue weighted by Crippen LogP contribution is 2.28. The van der Waals surface area contributed by atoms with Gasteiger partial charge in [-0.05, 0) is 63.4 Å². The topological polar surface area (TPSA) is 92.3 Å². The molecule has 0 fully saturated rings. The number of nitrogens with one attached hydrogen (secondary N) is 2. The molecule has 2 aromatic carbocycles. The number of rotatable bonds is 13. The lowest BCUT2D eigenvalue weighted by atomic mass is 10.0. The first-order chi connectivity index (χ1) is 17.6. The number of benzene rings is 2. The number of hydrazone groups is 1. The summed E-state index contributed by atoms with van der Waals surface area (Å²) in [5.41, 5.74) is 4.28. The van der Waals surface area contributed by atoms with Crippen LogP contribution in [0.5, 0.6) is 11.5 Å². The van der Waals surface area contributed by atoms with Crippen molar-refractivity contribution in [3.8, 4) is 11.5 Å². The maximum absolute atomic E-state index is 12.9. The van der Waals surface area contributed by atoms with E-state index in [-0.39, 0.29) is 5.92 Å².